The molecule has 0 bridgehead atoms. The van der Waals surface area contributed by atoms with Gasteiger partial charge < -0.3 is 19.5 Å². The van der Waals surface area contributed by atoms with Gasteiger partial charge in [0.05, 0.1) is 48.2 Å². The first-order valence-corrected chi connectivity index (χ1v) is 8.89. The summed E-state index contributed by atoms with van der Waals surface area (Å²) in [6.45, 7) is 1.25. The van der Waals surface area contributed by atoms with Crippen molar-refractivity contribution in [2.75, 3.05) is 26.1 Å². The standard InChI is InChI=1S/C18H18N2O7S/c1-10-19-12(9-28-10)7-16(22)27-8-15(21)20-14-6-11(17(23)25-2)4-5-13(14)18(24)26-3/h4-6,9H,7-8H2,1-3H3,(H,20,21). The van der Waals surface area contributed by atoms with Gasteiger partial charge in [-0.3, -0.25) is 9.59 Å². The molecule has 28 heavy (non-hydrogen) atoms. The van der Waals surface area contributed by atoms with Crippen molar-refractivity contribution in [3.8, 4) is 0 Å². The molecule has 1 N–H and O–H groups in total. The van der Waals surface area contributed by atoms with E-state index in [2.05, 4.69) is 19.8 Å². The molecule has 1 heterocycles. The van der Waals surface area contributed by atoms with Crippen LogP contribution in [0.3, 0.4) is 0 Å². The van der Waals surface area contributed by atoms with Gasteiger partial charge in [0, 0.05) is 5.38 Å². The number of carbonyl (C=O) groups is 4. The SMILES string of the molecule is COC(=O)c1ccc(C(=O)OC)c(NC(=O)COC(=O)Cc2csc(C)n2)c1. The smallest absolute Gasteiger partial charge is 0.339 e. The minimum absolute atomic E-state index is 0.0333. The fourth-order valence-electron chi connectivity index (χ4n) is 2.20. The lowest BCUT2D eigenvalue weighted by Crippen LogP contribution is -2.23. The van der Waals surface area contributed by atoms with Crippen LogP contribution in [-0.4, -0.2) is 49.6 Å². The summed E-state index contributed by atoms with van der Waals surface area (Å²) in [7, 11) is 2.39. The van der Waals surface area contributed by atoms with E-state index in [1.54, 1.807) is 5.38 Å². The Morgan fingerprint density at radius 3 is 2.43 bits per heavy atom. The van der Waals surface area contributed by atoms with Crippen LogP contribution < -0.4 is 5.32 Å². The zero-order valence-electron chi connectivity index (χ0n) is 15.4. The zero-order valence-corrected chi connectivity index (χ0v) is 16.3. The number of aryl methyl sites for hydroxylation is 1. The molecule has 0 radical (unpaired) electrons. The van der Waals surface area contributed by atoms with Gasteiger partial charge in [0.1, 0.15) is 0 Å². The van der Waals surface area contributed by atoms with Crippen LogP contribution >= 0.6 is 11.3 Å². The molecular weight excluding hydrogens is 388 g/mol. The maximum atomic E-state index is 12.1. The van der Waals surface area contributed by atoms with E-state index in [1.807, 2.05) is 6.92 Å². The van der Waals surface area contributed by atoms with Gasteiger partial charge in [-0.2, -0.15) is 0 Å². The third-order valence-corrected chi connectivity index (χ3v) is 4.30. The highest BCUT2D eigenvalue weighted by Crippen LogP contribution is 2.20. The van der Waals surface area contributed by atoms with Crippen LogP contribution in [-0.2, 0) is 30.2 Å². The summed E-state index contributed by atoms with van der Waals surface area (Å²) in [6.07, 6.45) is -0.0527. The normalized spacial score (nSPS) is 10.1. The van der Waals surface area contributed by atoms with Crippen molar-refractivity contribution in [1.82, 2.24) is 4.98 Å². The quantitative estimate of drug-likeness (QED) is 0.545. The number of rotatable bonds is 7. The molecule has 0 saturated heterocycles. The van der Waals surface area contributed by atoms with Gasteiger partial charge >= 0.3 is 17.9 Å². The van der Waals surface area contributed by atoms with E-state index in [1.165, 1.54) is 43.8 Å². The summed E-state index contributed by atoms with van der Waals surface area (Å²) in [4.78, 5) is 51.6. The molecule has 0 unspecified atom stereocenters. The Hall–Kier alpha value is -3.27. The van der Waals surface area contributed by atoms with Gasteiger partial charge in [0.15, 0.2) is 6.61 Å². The summed E-state index contributed by atoms with van der Waals surface area (Å²) in [5.74, 6) is -2.65. The molecule has 148 valence electrons. The van der Waals surface area contributed by atoms with Crippen LogP contribution in [0, 0.1) is 6.92 Å². The minimum Gasteiger partial charge on any atom is -0.465 e. The summed E-state index contributed by atoms with van der Waals surface area (Å²) in [5.41, 5.74) is 0.756. The molecule has 0 fully saturated rings. The first-order chi connectivity index (χ1) is 13.3. The van der Waals surface area contributed by atoms with Gasteiger partial charge in [-0.1, -0.05) is 0 Å². The number of hydrogen-bond donors (Lipinski definition) is 1. The number of methoxy groups -OCH3 is 2. The average molecular weight is 406 g/mol. The summed E-state index contributed by atoms with van der Waals surface area (Å²) < 4.78 is 14.2. The maximum absolute atomic E-state index is 12.1. The maximum Gasteiger partial charge on any atom is 0.339 e. The average Bonchev–Trinajstić information content (AvgIpc) is 3.09. The Bertz CT molecular complexity index is 907. The molecule has 0 aliphatic heterocycles. The topological polar surface area (TPSA) is 121 Å². The molecule has 2 aromatic rings. The Kier molecular flexibility index (Phi) is 7.21. The molecule has 9 nitrogen and oxygen atoms in total. The number of benzene rings is 1. The number of thiazole rings is 1. The van der Waals surface area contributed by atoms with Crippen LogP contribution in [0.2, 0.25) is 0 Å². The van der Waals surface area contributed by atoms with Crippen molar-refractivity contribution in [1.29, 1.82) is 0 Å². The third-order valence-electron chi connectivity index (χ3n) is 3.48. The lowest BCUT2D eigenvalue weighted by atomic mass is 10.1. The highest BCUT2D eigenvalue weighted by molar-refractivity contribution is 7.09. The van der Waals surface area contributed by atoms with E-state index < -0.39 is 30.4 Å². The first-order valence-electron chi connectivity index (χ1n) is 8.01. The zero-order chi connectivity index (χ0) is 20.7. The molecule has 0 aliphatic rings. The Morgan fingerprint density at radius 2 is 1.82 bits per heavy atom. The van der Waals surface area contributed by atoms with E-state index in [-0.39, 0.29) is 23.2 Å². The minimum atomic E-state index is -0.706. The predicted octanol–water partition coefficient (Wildman–Crippen LogP) is 1.75. The lowest BCUT2D eigenvalue weighted by Gasteiger charge is -2.11. The summed E-state index contributed by atoms with van der Waals surface area (Å²) >= 11 is 1.40. The number of carbonyl (C=O) groups excluding carboxylic acids is 4. The van der Waals surface area contributed by atoms with E-state index in [4.69, 9.17) is 4.74 Å². The number of nitrogens with one attached hydrogen (secondary N) is 1. The number of esters is 3. The number of aromatic nitrogens is 1. The van der Waals surface area contributed by atoms with Crippen LogP contribution in [0.5, 0.6) is 0 Å². The molecule has 0 saturated carbocycles. The van der Waals surface area contributed by atoms with Gasteiger partial charge in [-0.25, -0.2) is 14.6 Å². The third kappa shape index (κ3) is 5.61. The van der Waals surface area contributed by atoms with Crippen LogP contribution in [0.25, 0.3) is 0 Å². The lowest BCUT2D eigenvalue weighted by molar-refractivity contribution is -0.146. The van der Waals surface area contributed by atoms with Crippen molar-refractivity contribution in [2.24, 2.45) is 0 Å². The van der Waals surface area contributed by atoms with Gasteiger partial charge in [0.2, 0.25) is 0 Å². The number of ether oxygens (including phenoxy) is 3. The Balaban J connectivity index is 2.03. The molecule has 1 aromatic carbocycles. The molecular formula is C18H18N2O7S. The summed E-state index contributed by atoms with van der Waals surface area (Å²) in [6, 6.07) is 3.96. The van der Waals surface area contributed by atoms with E-state index >= 15 is 0 Å². The number of nitrogens with zero attached hydrogens (tertiary/aromatic N) is 1. The molecule has 0 atom stereocenters. The second-order valence-corrected chi connectivity index (χ2v) is 6.55. The van der Waals surface area contributed by atoms with Gasteiger partial charge in [-0.15, -0.1) is 11.3 Å². The van der Waals surface area contributed by atoms with Gasteiger partial charge in [-0.05, 0) is 25.1 Å². The van der Waals surface area contributed by atoms with Crippen LogP contribution in [0.1, 0.15) is 31.4 Å². The van der Waals surface area contributed by atoms with Crippen molar-refractivity contribution in [3.05, 3.63) is 45.4 Å². The van der Waals surface area contributed by atoms with Crippen LogP contribution in [0.4, 0.5) is 5.69 Å². The number of anilines is 1. The molecule has 10 heteroatoms. The second kappa shape index (κ2) is 9.60. The molecule has 0 aliphatic carbocycles. The fourth-order valence-corrected chi connectivity index (χ4v) is 2.81. The Morgan fingerprint density at radius 1 is 1.11 bits per heavy atom. The van der Waals surface area contributed by atoms with Crippen LogP contribution in [0.15, 0.2) is 23.6 Å². The second-order valence-electron chi connectivity index (χ2n) is 5.49. The first kappa shape index (κ1) is 21.0. The molecule has 2 rings (SSSR count). The highest BCUT2D eigenvalue weighted by Gasteiger charge is 2.18. The van der Waals surface area contributed by atoms with Gasteiger partial charge in [0.25, 0.3) is 5.91 Å². The fraction of sp³-hybridized carbons (Fsp3) is 0.278. The van der Waals surface area contributed by atoms with E-state index in [9.17, 15) is 19.2 Å². The monoisotopic (exact) mass is 406 g/mol. The van der Waals surface area contributed by atoms with Crippen molar-refractivity contribution in [3.63, 3.8) is 0 Å². The van der Waals surface area contributed by atoms with Crippen molar-refractivity contribution >= 4 is 40.8 Å². The molecule has 1 amide bonds. The van der Waals surface area contributed by atoms with Crippen molar-refractivity contribution in [2.45, 2.75) is 13.3 Å². The van der Waals surface area contributed by atoms with Crippen molar-refractivity contribution < 1.29 is 33.4 Å². The number of hydrogen-bond acceptors (Lipinski definition) is 9. The summed E-state index contributed by atoms with van der Waals surface area (Å²) in [5, 5.41) is 4.98. The Labute approximate surface area is 164 Å². The predicted molar refractivity (Wildman–Crippen MR) is 99.3 cm³/mol. The molecule has 1 aromatic heterocycles. The van der Waals surface area contributed by atoms with E-state index in [0.29, 0.717) is 5.69 Å². The van der Waals surface area contributed by atoms with E-state index in [0.717, 1.165) is 5.01 Å². The number of amides is 1. The molecule has 0 spiro atoms. The largest absolute Gasteiger partial charge is 0.465 e. The highest BCUT2D eigenvalue weighted by atomic mass is 32.1.